The van der Waals surface area contributed by atoms with Gasteiger partial charge in [0.05, 0.1) is 5.39 Å². The van der Waals surface area contributed by atoms with Gasteiger partial charge in [-0.3, -0.25) is 0 Å². The van der Waals surface area contributed by atoms with E-state index in [4.69, 9.17) is 0 Å². The molecule has 0 saturated carbocycles. The monoisotopic (exact) mass is 301 g/mol. The molecule has 108 valence electrons. The molecule has 3 rings (SSSR count). The molecule has 0 fully saturated rings. The highest BCUT2D eigenvalue weighted by atomic mass is 32.1. The fourth-order valence-electron chi connectivity index (χ4n) is 2.25. The second-order valence-corrected chi connectivity index (χ2v) is 6.13. The summed E-state index contributed by atoms with van der Waals surface area (Å²) in [5, 5.41) is 4.37. The Kier molecular flexibility index (Phi) is 3.84. The Morgan fingerprint density at radius 1 is 1.19 bits per heavy atom. The summed E-state index contributed by atoms with van der Waals surface area (Å²) in [4.78, 5) is 11.5. The van der Waals surface area contributed by atoms with E-state index in [1.807, 2.05) is 6.92 Å². The number of rotatable bonds is 4. The summed E-state index contributed by atoms with van der Waals surface area (Å²) in [6.45, 7) is 4.94. The van der Waals surface area contributed by atoms with Crippen molar-refractivity contribution in [3.05, 3.63) is 52.4 Å². The average molecular weight is 301 g/mol. The zero-order chi connectivity index (χ0) is 14.8. The first-order valence-corrected chi connectivity index (χ1v) is 7.72. The third-order valence-corrected chi connectivity index (χ3v) is 4.13. The van der Waals surface area contributed by atoms with Crippen LogP contribution in [0.25, 0.3) is 10.2 Å². The molecule has 0 amide bonds. The normalized spacial score (nSPS) is 11.0. The van der Waals surface area contributed by atoms with Crippen LogP contribution < -0.4 is 5.32 Å². The van der Waals surface area contributed by atoms with Crippen molar-refractivity contribution < 1.29 is 4.39 Å². The maximum Gasteiger partial charge on any atom is 0.138 e. The number of nitrogens with one attached hydrogen (secondary N) is 1. The summed E-state index contributed by atoms with van der Waals surface area (Å²) in [6.07, 6.45) is 0.603. The summed E-state index contributed by atoms with van der Waals surface area (Å²) in [7, 11) is 0. The maximum atomic E-state index is 13.0. The molecule has 5 heteroatoms. The molecule has 0 aliphatic rings. The van der Waals surface area contributed by atoms with Crippen molar-refractivity contribution in [2.75, 3.05) is 11.9 Å². The number of aromatic nitrogens is 2. The number of thiophene rings is 1. The molecule has 0 unspecified atom stereocenters. The van der Waals surface area contributed by atoms with Gasteiger partial charge in [-0.05, 0) is 37.6 Å². The third kappa shape index (κ3) is 3.03. The van der Waals surface area contributed by atoms with Crippen LogP contribution in [0, 0.1) is 12.7 Å². The Labute approximate surface area is 126 Å². The van der Waals surface area contributed by atoms with Gasteiger partial charge in [0.2, 0.25) is 0 Å². The van der Waals surface area contributed by atoms with Crippen LogP contribution in [-0.2, 0) is 6.42 Å². The Morgan fingerprint density at radius 2 is 1.95 bits per heavy atom. The fraction of sp³-hybridized carbons (Fsp3) is 0.250. The number of anilines is 1. The van der Waals surface area contributed by atoms with Gasteiger partial charge in [-0.2, -0.15) is 0 Å². The van der Waals surface area contributed by atoms with Gasteiger partial charge in [-0.25, -0.2) is 14.4 Å². The largest absolute Gasteiger partial charge is 0.370 e. The van der Waals surface area contributed by atoms with Crippen molar-refractivity contribution in [3.8, 4) is 0 Å². The molecule has 21 heavy (non-hydrogen) atoms. The molecule has 0 spiro atoms. The van der Waals surface area contributed by atoms with E-state index in [2.05, 4.69) is 28.3 Å². The van der Waals surface area contributed by atoms with Gasteiger partial charge in [0, 0.05) is 17.8 Å². The van der Waals surface area contributed by atoms with Crippen molar-refractivity contribution in [3.63, 3.8) is 0 Å². The molecule has 1 N–H and O–H groups in total. The molecule has 0 atom stereocenters. The minimum atomic E-state index is -0.225. The van der Waals surface area contributed by atoms with E-state index < -0.39 is 0 Å². The first-order valence-electron chi connectivity index (χ1n) is 6.91. The Morgan fingerprint density at radius 3 is 2.67 bits per heavy atom. The van der Waals surface area contributed by atoms with E-state index in [9.17, 15) is 4.39 Å². The van der Waals surface area contributed by atoms with Gasteiger partial charge in [-0.1, -0.05) is 12.1 Å². The zero-order valence-corrected chi connectivity index (χ0v) is 12.8. The standard InChI is InChI=1S/C16H16FN3S/c1-3-18-15-13-8-10(2)21-16(13)20-14(19-15)9-11-4-6-12(17)7-5-11/h4-8H,3,9H2,1-2H3,(H,18,19,20). The number of aryl methyl sites for hydroxylation is 1. The Balaban J connectivity index is 1.99. The predicted octanol–water partition coefficient (Wildman–Crippen LogP) is 4.16. The van der Waals surface area contributed by atoms with Crippen LogP contribution in [0.4, 0.5) is 10.2 Å². The summed E-state index contributed by atoms with van der Waals surface area (Å²) >= 11 is 1.67. The molecule has 0 bridgehead atoms. The molecule has 3 aromatic rings. The highest BCUT2D eigenvalue weighted by molar-refractivity contribution is 7.18. The molecule has 0 aliphatic heterocycles. The molecular formula is C16H16FN3S. The number of hydrogen-bond donors (Lipinski definition) is 1. The van der Waals surface area contributed by atoms with E-state index in [1.165, 1.54) is 17.0 Å². The van der Waals surface area contributed by atoms with Gasteiger partial charge in [0.15, 0.2) is 0 Å². The second kappa shape index (κ2) is 5.77. The lowest BCUT2D eigenvalue weighted by Gasteiger charge is -2.07. The highest BCUT2D eigenvalue weighted by Gasteiger charge is 2.10. The number of hydrogen-bond acceptors (Lipinski definition) is 4. The van der Waals surface area contributed by atoms with Crippen LogP contribution >= 0.6 is 11.3 Å². The molecule has 2 aromatic heterocycles. The lowest BCUT2D eigenvalue weighted by atomic mass is 10.1. The quantitative estimate of drug-likeness (QED) is 0.786. The van der Waals surface area contributed by atoms with Gasteiger partial charge in [-0.15, -0.1) is 11.3 Å². The topological polar surface area (TPSA) is 37.8 Å². The van der Waals surface area contributed by atoms with Crippen molar-refractivity contribution in [1.29, 1.82) is 0 Å². The predicted molar refractivity (Wildman–Crippen MR) is 85.5 cm³/mol. The minimum Gasteiger partial charge on any atom is -0.370 e. The summed E-state index contributed by atoms with van der Waals surface area (Å²) < 4.78 is 13.0. The first kappa shape index (κ1) is 13.9. The van der Waals surface area contributed by atoms with Crippen LogP contribution in [0.15, 0.2) is 30.3 Å². The van der Waals surface area contributed by atoms with Gasteiger partial charge < -0.3 is 5.32 Å². The SMILES string of the molecule is CCNc1nc(Cc2ccc(F)cc2)nc2sc(C)cc12. The zero-order valence-electron chi connectivity index (χ0n) is 12.0. The minimum absolute atomic E-state index is 0.225. The number of nitrogens with zero attached hydrogens (tertiary/aromatic N) is 2. The van der Waals surface area contributed by atoms with Crippen molar-refractivity contribution in [2.45, 2.75) is 20.3 Å². The Hall–Kier alpha value is -2.01. The molecule has 2 heterocycles. The van der Waals surface area contributed by atoms with E-state index in [0.29, 0.717) is 6.42 Å². The molecule has 0 aliphatic carbocycles. The smallest absolute Gasteiger partial charge is 0.138 e. The molecular weight excluding hydrogens is 285 g/mol. The molecule has 0 radical (unpaired) electrons. The summed E-state index contributed by atoms with van der Waals surface area (Å²) in [6, 6.07) is 8.59. The van der Waals surface area contributed by atoms with E-state index in [-0.39, 0.29) is 5.82 Å². The van der Waals surface area contributed by atoms with E-state index >= 15 is 0 Å². The van der Waals surface area contributed by atoms with Crippen molar-refractivity contribution in [1.82, 2.24) is 9.97 Å². The van der Waals surface area contributed by atoms with Crippen LogP contribution in [-0.4, -0.2) is 16.5 Å². The van der Waals surface area contributed by atoms with E-state index in [0.717, 1.165) is 34.0 Å². The van der Waals surface area contributed by atoms with E-state index in [1.54, 1.807) is 23.5 Å². The summed E-state index contributed by atoms with van der Waals surface area (Å²) in [5.41, 5.74) is 1.01. The van der Waals surface area contributed by atoms with Gasteiger partial charge >= 0.3 is 0 Å². The van der Waals surface area contributed by atoms with Crippen molar-refractivity contribution >= 4 is 27.4 Å². The lowest BCUT2D eigenvalue weighted by molar-refractivity contribution is 0.627. The van der Waals surface area contributed by atoms with Gasteiger partial charge in [0.1, 0.15) is 22.3 Å². The third-order valence-electron chi connectivity index (χ3n) is 3.18. The van der Waals surface area contributed by atoms with Crippen LogP contribution in [0.2, 0.25) is 0 Å². The average Bonchev–Trinajstić information content (AvgIpc) is 2.82. The molecule has 0 saturated heterocycles. The first-order chi connectivity index (χ1) is 10.2. The van der Waals surface area contributed by atoms with Crippen LogP contribution in [0.5, 0.6) is 0 Å². The molecule has 1 aromatic carbocycles. The number of halogens is 1. The van der Waals surface area contributed by atoms with Gasteiger partial charge in [0.25, 0.3) is 0 Å². The highest BCUT2D eigenvalue weighted by Crippen LogP contribution is 2.28. The van der Waals surface area contributed by atoms with Crippen LogP contribution in [0.1, 0.15) is 23.2 Å². The second-order valence-electron chi connectivity index (χ2n) is 4.90. The Bertz CT molecular complexity index is 765. The number of benzene rings is 1. The lowest BCUT2D eigenvalue weighted by Crippen LogP contribution is -2.04. The number of fused-ring (bicyclic) bond motifs is 1. The maximum absolute atomic E-state index is 13.0. The van der Waals surface area contributed by atoms with Crippen LogP contribution in [0.3, 0.4) is 0 Å². The molecule has 3 nitrogen and oxygen atoms in total. The fourth-order valence-corrected chi connectivity index (χ4v) is 3.15. The van der Waals surface area contributed by atoms with Crippen molar-refractivity contribution in [2.24, 2.45) is 0 Å². The summed E-state index contributed by atoms with van der Waals surface area (Å²) in [5.74, 6) is 1.41.